The number of alkyl halides is 2. The molecule has 0 aliphatic carbocycles. The molecule has 3 rings (SSSR count). The first-order valence-corrected chi connectivity index (χ1v) is 10.4. The lowest BCUT2D eigenvalue weighted by Gasteiger charge is -2.10. The minimum absolute atomic E-state index is 0.00193. The van der Waals surface area contributed by atoms with Gasteiger partial charge in [-0.15, -0.1) is 0 Å². The SMILES string of the molecule is CNS(=O)(=O)c1cc(C(=O)OCc2nc(-c3ccc(OC(F)F)c(OC)c3)no2)n(C)c1. The maximum absolute atomic E-state index is 12.4. The number of esters is 1. The molecule has 1 N–H and O–H groups in total. The lowest BCUT2D eigenvalue weighted by Crippen LogP contribution is -2.17. The number of nitrogens with one attached hydrogen (secondary N) is 1. The first kappa shape index (κ1) is 23.1. The lowest BCUT2D eigenvalue weighted by molar-refractivity contribution is -0.0512. The molecule has 0 amide bonds. The fourth-order valence-electron chi connectivity index (χ4n) is 2.63. The molecule has 0 radical (unpaired) electrons. The van der Waals surface area contributed by atoms with Crippen molar-refractivity contribution in [3.05, 3.63) is 42.0 Å². The van der Waals surface area contributed by atoms with Crippen LogP contribution in [0.25, 0.3) is 11.4 Å². The van der Waals surface area contributed by atoms with Gasteiger partial charge < -0.3 is 23.3 Å². The van der Waals surface area contributed by atoms with Gasteiger partial charge in [-0.05, 0) is 31.3 Å². The van der Waals surface area contributed by atoms with E-state index < -0.39 is 22.6 Å². The van der Waals surface area contributed by atoms with E-state index in [1.165, 1.54) is 56.2 Å². The first-order valence-electron chi connectivity index (χ1n) is 8.87. The highest BCUT2D eigenvalue weighted by atomic mass is 32.2. The van der Waals surface area contributed by atoms with E-state index >= 15 is 0 Å². The molecule has 0 aliphatic heterocycles. The van der Waals surface area contributed by atoms with Crippen molar-refractivity contribution in [2.75, 3.05) is 14.2 Å². The number of hydrogen-bond acceptors (Lipinski definition) is 9. The van der Waals surface area contributed by atoms with Crippen molar-refractivity contribution in [2.24, 2.45) is 7.05 Å². The van der Waals surface area contributed by atoms with Gasteiger partial charge in [0.1, 0.15) is 10.6 Å². The predicted molar refractivity (Wildman–Crippen MR) is 104 cm³/mol. The van der Waals surface area contributed by atoms with Crippen molar-refractivity contribution < 1.29 is 40.7 Å². The van der Waals surface area contributed by atoms with Crippen LogP contribution in [-0.4, -0.2) is 49.9 Å². The Labute approximate surface area is 180 Å². The van der Waals surface area contributed by atoms with Crippen LogP contribution in [0.3, 0.4) is 0 Å². The molecule has 2 aromatic heterocycles. The van der Waals surface area contributed by atoms with E-state index in [1.54, 1.807) is 0 Å². The highest BCUT2D eigenvalue weighted by Gasteiger charge is 2.21. The molecular formula is C18H18F2N4O7S. The number of halogens is 2. The highest BCUT2D eigenvalue weighted by molar-refractivity contribution is 7.89. The van der Waals surface area contributed by atoms with E-state index in [1.807, 2.05) is 0 Å². The Kier molecular flexibility index (Phi) is 6.74. The molecule has 0 unspecified atom stereocenters. The molecule has 0 spiro atoms. The molecule has 2 heterocycles. The fraction of sp³-hybridized carbons (Fsp3) is 0.278. The third kappa shape index (κ3) is 5.03. The second kappa shape index (κ2) is 9.32. The van der Waals surface area contributed by atoms with Crippen molar-refractivity contribution in [1.82, 2.24) is 19.4 Å². The molecule has 14 heteroatoms. The summed E-state index contributed by atoms with van der Waals surface area (Å²) >= 11 is 0. The number of ether oxygens (including phenoxy) is 3. The summed E-state index contributed by atoms with van der Waals surface area (Å²) in [5.41, 5.74) is 0.382. The summed E-state index contributed by atoms with van der Waals surface area (Å²) in [7, 11) is 0.307. The summed E-state index contributed by atoms with van der Waals surface area (Å²) in [4.78, 5) is 16.3. The third-order valence-corrected chi connectivity index (χ3v) is 5.58. The molecular weight excluding hydrogens is 454 g/mol. The van der Waals surface area contributed by atoms with Crippen LogP contribution >= 0.6 is 0 Å². The normalized spacial score (nSPS) is 11.6. The molecule has 172 valence electrons. The van der Waals surface area contributed by atoms with Crippen molar-refractivity contribution in [3.8, 4) is 22.9 Å². The van der Waals surface area contributed by atoms with Gasteiger partial charge in [0, 0.05) is 18.8 Å². The Morgan fingerprint density at radius 3 is 2.69 bits per heavy atom. The van der Waals surface area contributed by atoms with Gasteiger partial charge in [-0.25, -0.2) is 17.9 Å². The van der Waals surface area contributed by atoms with Crippen LogP contribution in [0.4, 0.5) is 8.78 Å². The van der Waals surface area contributed by atoms with E-state index in [9.17, 15) is 22.0 Å². The Morgan fingerprint density at radius 1 is 1.28 bits per heavy atom. The summed E-state index contributed by atoms with van der Waals surface area (Å²) in [5.74, 6) is -0.876. The number of sulfonamides is 1. The van der Waals surface area contributed by atoms with E-state index in [-0.39, 0.29) is 40.4 Å². The van der Waals surface area contributed by atoms with Gasteiger partial charge in [0.05, 0.1) is 7.11 Å². The van der Waals surface area contributed by atoms with Crippen molar-refractivity contribution in [1.29, 1.82) is 0 Å². The van der Waals surface area contributed by atoms with Gasteiger partial charge in [0.15, 0.2) is 18.1 Å². The zero-order valence-corrected chi connectivity index (χ0v) is 17.9. The van der Waals surface area contributed by atoms with E-state index in [4.69, 9.17) is 14.0 Å². The fourth-order valence-corrected chi connectivity index (χ4v) is 3.43. The van der Waals surface area contributed by atoms with Crippen LogP contribution in [0.5, 0.6) is 11.5 Å². The standard InChI is InChI=1S/C18H18F2N4O7S/c1-21-32(26,27)11-7-12(24(2)8-11)17(25)29-9-15-22-16(23-31-15)10-4-5-13(30-18(19)20)14(6-10)28-3/h4-8,18,21H,9H2,1-3H3. The van der Waals surface area contributed by atoms with E-state index in [0.717, 1.165) is 0 Å². The van der Waals surface area contributed by atoms with Gasteiger partial charge in [-0.3, -0.25) is 0 Å². The lowest BCUT2D eigenvalue weighted by atomic mass is 10.2. The third-order valence-electron chi connectivity index (χ3n) is 4.20. The second-order valence-electron chi connectivity index (χ2n) is 6.21. The number of benzene rings is 1. The Balaban J connectivity index is 1.70. The average molecular weight is 472 g/mol. The van der Waals surface area contributed by atoms with Gasteiger partial charge in [0.25, 0.3) is 5.89 Å². The summed E-state index contributed by atoms with van der Waals surface area (Å²) in [6.45, 7) is -3.39. The zero-order valence-electron chi connectivity index (χ0n) is 17.0. The monoisotopic (exact) mass is 472 g/mol. The second-order valence-corrected chi connectivity index (χ2v) is 8.10. The zero-order chi connectivity index (χ0) is 23.5. The Bertz CT molecular complexity index is 1220. The molecule has 11 nitrogen and oxygen atoms in total. The molecule has 0 saturated carbocycles. The molecule has 3 aromatic rings. The van der Waals surface area contributed by atoms with Crippen LogP contribution < -0.4 is 14.2 Å². The smallest absolute Gasteiger partial charge is 0.387 e. The van der Waals surface area contributed by atoms with Crippen LogP contribution in [-0.2, 0) is 28.4 Å². The highest BCUT2D eigenvalue weighted by Crippen LogP contribution is 2.32. The van der Waals surface area contributed by atoms with Crippen LogP contribution in [0, 0.1) is 0 Å². The minimum Gasteiger partial charge on any atom is -0.493 e. The van der Waals surface area contributed by atoms with Crippen LogP contribution in [0.15, 0.2) is 39.9 Å². The quantitative estimate of drug-likeness (QED) is 0.464. The summed E-state index contributed by atoms with van der Waals surface area (Å²) in [6, 6.07) is 5.24. The topological polar surface area (TPSA) is 135 Å². The summed E-state index contributed by atoms with van der Waals surface area (Å²) in [5, 5.41) is 3.75. The number of rotatable bonds is 9. The van der Waals surface area contributed by atoms with Crippen molar-refractivity contribution in [2.45, 2.75) is 18.1 Å². The molecule has 1 aromatic carbocycles. The Morgan fingerprint density at radius 2 is 2.03 bits per heavy atom. The number of nitrogens with zero attached hydrogens (tertiary/aromatic N) is 3. The number of hydrogen-bond donors (Lipinski definition) is 1. The van der Waals surface area contributed by atoms with Gasteiger partial charge in [-0.2, -0.15) is 13.8 Å². The maximum atomic E-state index is 12.4. The van der Waals surface area contributed by atoms with Gasteiger partial charge in [-0.1, -0.05) is 5.16 Å². The summed E-state index contributed by atoms with van der Waals surface area (Å²) < 4.78 is 71.6. The molecule has 0 atom stereocenters. The number of methoxy groups -OCH3 is 1. The molecule has 0 fully saturated rings. The molecule has 0 aliphatic rings. The van der Waals surface area contributed by atoms with Crippen LogP contribution in [0.2, 0.25) is 0 Å². The van der Waals surface area contributed by atoms with Crippen molar-refractivity contribution in [3.63, 3.8) is 0 Å². The maximum Gasteiger partial charge on any atom is 0.387 e. The average Bonchev–Trinajstić information content (AvgIpc) is 3.39. The van der Waals surface area contributed by atoms with Gasteiger partial charge in [0.2, 0.25) is 15.8 Å². The molecule has 0 saturated heterocycles. The predicted octanol–water partition coefficient (Wildman–Crippen LogP) is 1.95. The molecule has 32 heavy (non-hydrogen) atoms. The Hall–Kier alpha value is -3.52. The number of aryl methyl sites for hydroxylation is 1. The number of aromatic nitrogens is 3. The largest absolute Gasteiger partial charge is 0.493 e. The minimum atomic E-state index is -3.72. The summed E-state index contributed by atoms with van der Waals surface area (Å²) in [6.07, 6.45) is 1.27. The van der Waals surface area contributed by atoms with E-state index in [2.05, 4.69) is 19.6 Å². The first-order chi connectivity index (χ1) is 15.1. The van der Waals surface area contributed by atoms with Crippen LogP contribution in [0.1, 0.15) is 16.4 Å². The van der Waals surface area contributed by atoms with Gasteiger partial charge >= 0.3 is 12.6 Å². The molecule has 0 bridgehead atoms. The van der Waals surface area contributed by atoms with E-state index in [0.29, 0.717) is 5.56 Å². The number of carbonyl (C=O) groups is 1. The number of carbonyl (C=O) groups excluding carboxylic acids is 1. The van der Waals surface area contributed by atoms with Crippen molar-refractivity contribution >= 4 is 16.0 Å².